The molecule has 4 aromatic rings. The van der Waals surface area contributed by atoms with E-state index in [4.69, 9.17) is 0 Å². The summed E-state index contributed by atoms with van der Waals surface area (Å²) in [5.74, 6) is 0. The van der Waals surface area contributed by atoms with Crippen molar-refractivity contribution in [2.45, 2.75) is 114 Å². The summed E-state index contributed by atoms with van der Waals surface area (Å²) in [6.45, 7) is 4.36. The van der Waals surface area contributed by atoms with Crippen molar-refractivity contribution in [1.29, 1.82) is 0 Å². The molecule has 0 aliphatic rings. The van der Waals surface area contributed by atoms with Crippen LogP contribution in [0.1, 0.15) is 102 Å². The molecule has 4 aromatic carbocycles. The van der Waals surface area contributed by atoms with Crippen molar-refractivity contribution < 1.29 is 25.9 Å². The van der Waals surface area contributed by atoms with E-state index in [0.717, 1.165) is 47.2 Å². The Morgan fingerprint density at radius 2 is 0.756 bits per heavy atom. The van der Waals surface area contributed by atoms with Crippen molar-refractivity contribution in [2.24, 2.45) is 0 Å². The third-order valence-electron chi connectivity index (χ3n) is 8.00. The van der Waals surface area contributed by atoms with Crippen LogP contribution in [0.3, 0.4) is 0 Å². The fourth-order valence-electron chi connectivity index (χ4n) is 5.58. The minimum Gasteiger partial charge on any atom is -0.744 e. The van der Waals surface area contributed by atoms with Gasteiger partial charge in [-0.15, -0.1) is 0 Å². The van der Waals surface area contributed by atoms with Gasteiger partial charge in [0.1, 0.15) is 20.2 Å². The maximum atomic E-state index is 11.5. The van der Waals surface area contributed by atoms with Gasteiger partial charge in [-0.2, -0.15) is 0 Å². The number of hydrogen-bond donors (Lipinski definition) is 0. The molecule has 0 saturated heterocycles. The van der Waals surface area contributed by atoms with Crippen molar-refractivity contribution >= 4 is 79.5 Å². The number of hydrogen-bond acceptors (Lipinski definition) is 6. The first kappa shape index (κ1) is 39.7. The van der Waals surface area contributed by atoms with Gasteiger partial charge in [0.2, 0.25) is 0 Å². The molecular formula is C36H46CaO6S2. The zero-order valence-corrected chi connectivity index (χ0v) is 30.6. The Morgan fingerprint density at radius 3 is 1.07 bits per heavy atom. The Kier molecular flexibility index (Phi) is 17.6. The smallest absolute Gasteiger partial charge is 0.744 e. The molecule has 0 spiro atoms. The quantitative estimate of drug-likeness (QED) is 0.0664. The van der Waals surface area contributed by atoms with Gasteiger partial charge in [-0.25, -0.2) is 16.8 Å². The van der Waals surface area contributed by atoms with Gasteiger partial charge in [0.05, 0.1) is 9.79 Å². The van der Waals surface area contributed by atoms with Crippen molar-refractivity contribution in [3.05, 3.63) is 83.9 Å². The molecule has 0 aliphatic carbocycles. The van der Waals surface area contributed by atoms with Crippen molar-refractivity contribution in [2.75, 3.05) is 0 Å². The SMILES string of the molecule is CCCCCCCCc1cc2ccccc2cc1S(=O)(=O)[O-].CCCCCCCCc1cc2ccccc2cc1S(=O)(=O)[O-].[Ca+2]. The van der Waals surface area contributed by atoms with Gasteiger partial charge in [0.25, 0.3) is 0 Å². The Bertz CT molecular complexity index is 1570. The molecule has 0 aliphatic heterocycles. The third kappa shape index (κ3) is 13.3. The molecule has 0 heterocycles. The van der Waals surface area contributed by atoms with Gasteiger partial charge in [-0.3, -0.25) is 0 Å². The second-order valence-corrected chi connectivity index (χ2v) is 14.3. The minimum atomic E-state index is -4.43. The van der Waals surface area contributed by atoms with Gasteiger partial charge in [-0.05, 0) is 82.6 Å². The van der Waals surface area contributed by atoms with E-state index in [0.29, 0.717) is 24.0 Å². The van der Waals surface area contributed by atoms with Crippen LogP contribution in [0.5, 0.6) is 0 Å². The summed E-state index contributed by atoms with van der Waals surface area (Å²) in [5.41, 5.74) is 1.31. The molecule has 0 bridgehead atoms. The molecule has 0 fully saturated rings. The van der Waals surface area contributed by atoms with Crippen LogP contribution in [0.15, 0.2) is 82.6 Å². The third-order valence-corrected chi connectivity index (χ3v) is 9.83. The zero-order valence-electron chi connectivity index (χ0n) is 26.8. The molecule has 6 nitrogen and oxygen atoms in total. The first-order chi connectivity index (χ1) is 21.0. The molecule has 45 heavy (non-hydrogen) atoms. The Hall–Kier alpha value is -1.52. The van der Waals surface area contributed by atoms with Crippen LogP contribution in [0.4, 0.5) is 0 Å². The van der Waals surface area contributed by atoms with Crippen LogP contribution in [0.2, 0.25) is 0 Å². The maximum Gasteiger partial charge on any atom is 2.00 e. The molecule has 0 radical (unpaired) electrons. The summed E-state index contributed by atoms with van der Waals surface area (Å²) in [6, 6.07) is 21.8. The van der Waals surface area contributed by atoms with Crippen LogP contribution >= 0.6 is 0 Å². The van der Waals surface area contributed by atoms with Crippen LogP contribution < -0.4 is 0 Å². The summed E-state index contributed by atoms with van der Waals surface area (Å²) in [5, 5.41) is 3.55. The summed E-state index contributed by atoms with van der Waals surface area (Å²) in [7, 11) is -8.85. The van der Waals surface area contributed by atoms with Crippen molar-refractivity contribution in [3.8, 4) is 0 Å². The van der Waals surface area contributed by atoms with Crippen LogP contribution in [-0.4, -0.2) is 63.7 Å². The summed E-state index contributed by atoms with van der Waals surface area (Å²) in [4.78, 5) is -0.112. The predicted octanol–water partition coefficient (Wildman–Crippen LogP) is 8.91. The monoisotopic (exact) mass is 678 g/mol. The summed E-state index contributed by atoms with van der Waals surface area (Å²) < 4.78 is 69.1. The second-order valence-electron chi connectivity index (χ2n) is 11.6. The average Bonchev–Trinajstić information content (AvgIpc) is 2.99. The number of aryl methyl sites for hydroxylation is 2. The zero-order chi connectivity index (χ0) is 32.0. The molecule has 0 aromatic heterocycles. The van der Waals surface area contributed by atoms with Crippen LogP contribution in [0.25, 0.3) is 21.5 Å². The molecule has 0 atom stereocenters. The van der Waals surface area contributed by atoms with Gasteiger partial charge in [0, 0.05) is 0 Å². The van der Waals surface area contributed by atoms with Gasteiger partial charge < -0.3 is 9.11 Å². The molecule has 0 N–H and O–H groups in total. The van der Waals surface area contributed by atoms with E-state index in [9.17, 15) is 25.9 Å². The number of rotatable bonds is 16. The van der Waals surface area contributed by atoms with Gasteiger partial charge in [-0.1, -0.05) is 127 Å². The molecule has 4 rings (SSSR count). The molecular weight excluding hydrogens is 633 g/mol. The van der Waals surface area contributed by atoms with E-state index in [1.54, 1.807) is 0 Å². The second kappa shape index (κ2) is 20.0. The minimum absolute atomic E-state index is 0. The Balaban J connectivity index is 0.000000307. The first-order valence-corrected chi connectivity index (χ1v) is 18.8. The van der Waals surface area contributed by atoms with Crippen LogP contribution in [0, 0.1) is 0 Å². The molecule has 0 unspecified atom stereocenters. The standard InChI is InChI=1S/2C18H24O3S.Ca/c2*1-2-3-4-5-6-7-12-17-13-15-10-8-9-11-16(15)14-18(17)22(19,20)21;/h2*8-11,13-14H,2-7,12H2,1H3,(H,19,20,21);/q;;+2/p-2. The van der Waals surface area contributed by atoms with E-state index in [1.807, 2.05) is 60.7 Å². The maximum absolute atomic E-state index is 11.5. The summed E-state index contributed by atoms with van der Waals surface area (Å²) >= 11 is 0. The van der Waals surface area contributed by atoms with E-state index in [2.05, 4.69) is 13.8 Å². The average molecular weight is 679 g/mol. The molecule has 0 saturated carbocycles. The van der Waals surface area contributed by atoms with Crippen LogP contribution in [-0.2, 0) is 33.1 Å². The van der Waals surface area contributed by atoms with Gasteiger partial charge >= 0.3 is 37.7 Å². The van der Waals surface area contributed by atoms with E-state index >= 15 is 0 Å². The van der Waals surface area contributed by atoms with E-state index in [-0.39, 0.29) is 47.5 Å². The number of unbranched alkanes of at least 4 members (excludes halogenated alkanes) is 10. The first-order valence-electron chi connectivity index (χ1n) is 16.0. The van der Waals surface area contributed by atoms with Gasteiger partial charge in [0.15, 0.2) is 0 Å². The van der Waals surface area contributed by atoms with E-state index < -0.39 is 20.2 Å². The summed E-state index contributed by atoms with van der Waals surface area (Å²) in [6.07, 6.45) is 15.0. The molecule has 9 heteroatoms. The number of fused-ring (bicyclic) bond motifs is 2. The Morgan fingerprint density at radius 1 is 0.467 bits per heavy atom. The number of benzene rings is 4. The predicted molar refractivity (Wildman–Crippen MR) is 184 cm³/mol. The van der Waals surface area contributed by atoms with E-state index in [1.165, 1.54) is 63.5 Å². The fraction of sp³-hybridized carbons (Fsp3) is 0.444. The molecule has 0 amide bonds. The molecule has 240 valence electrons. The largest absolute Gasteiger partial charge is 2.00 e. The normalized spacial score (nSPS) is 11.6. The van der Waals surface area contributed by atoms with Crippen molar-refractivity contribution in [3.63, 3.8) is 0 Å². The fourth-order valence-corrected chi connectivity index (χ4v) is 7.09. The van der Waals surface area contributed by atoms with Crippen molar-refractivity contribution in [1.82, 2.24) is 0 Å². The Labute approximate surface area is 300 Å². The topological polar surface area (TPSA) is 114 Å².